The third kappa shape index (κ3) is 4.92. The molecule has 0 aromatic heterocycles. The van der Waals surface area contributed by atoms with Crippen molar-refractivity contribution >= 4 is 11.6 Å². The normalized spacial score (nSPS) is 19.7. The lowest BCUT2D eigenvalue weighted by Gasteiger charge is -2.35. The zero-order valence-electron chi connectivity index (χ0n) is 15.4. The summed E-state index contributed by atoms with van der Waals surface area (Å²) in [5, 5.41) is 10.9. The monoisotopic (exact) mass is 350 g/mol. The Hall–Kier alpha value is -2.15. The summed E-state index contributed by atoms with van der Waals surface area (Å²) in [7, 11) is 0. The Morgan fingerprint density at radius 2 is 2.12 bits per heavy atom. The van der Waals surface area contributed by atoms with Crippen molar-refractivity contribution in [2.75, 3.05) is 13.2 Å². The van der Waals surface area contributed by atoms with Crippen LogP contribution in [-0.2, 0) is 9.53 Å². The number of hydrogen-bond acceptors (Lipinski definition) is 5. The van der Waals surface area contributed by atoms with Gasteiger partial charge >= 0.3 is 0 Å². The van der Waals surface area contributed by atoms with Gasteiger partial charge in [0.15, 0.2) is 0 Å². The van der Waals surface area contributed by atoms with E-state index in [-0.39, 0.29) is 29.7 Å². The number of amides is 1. The van der Waals surface area contributed by atoms with Crippen LogP contribution in [0.5, 0.6) is 5.75 Å². The average molecular weight is 350 g/mol. The lowest BCUT2D eigenvalue weighted by atomic mass is 9.91. The number of rotatable bonds is 5. The summed E-state index contributed by atoms with van der Waals surface area (Å²) in [6.45, 7) is 10.4. The summed E-state index contributed by atoms with van der Waals surface area (Å²) in [5.74, 6) is 0.421. The maximum atomic E-state index is 12.7. The largest absolute Gasteiger partial charge is 0.491 e. The van der Waals surface area contributed by atoms with Crippen LogP contribution in [-0.4, -0.2) is 40.7 Å². The van der Waals surface area contributed by atoms with Crippen molar-refractivity contribution in [2.24, 2.45) is 5.41 Å². The van der Waals surface area contributed by atoms with Crippen molar-refractivity contribution in [3.05, 3.63) is 34.4 Å². The summed E-state index contributed by atoms with van der Waals surface area (Å²) in [4.78, 5) is 24.9. The van der Waals surface area contributed by atoms with E-state index in [9.17, 15) is 14.9 Å². The van der Waals surface area contributed by atoms with Gasteiger partial charge in [0.2, 0.25) is 5.91 Å². The van der Waals surface area contributed by atoms with Crippen LogP contribution in [0.1, 0.15) is 41.0 Å². The van der Waals surface area contributed by atoms with Crippen LogP contribution in [0.4, 0.5) is 5.69 Å². The second kappa shape index (κ2) is 7.00. The van der Waals surface area contributed by atoms with Crippen molar-refractivity contribution in [3.63, 3.8) is 0 Å². The number of carbonyl (C=O) groups excluding carboxylic acids is 1. The van der Waals surface area contributed by atoms with Crippen molar-refractivity contribution in [2.45, 2.75) is 52.8 Å². The van der Waals surface area contributed by atoms with Crippen molar-refractivity contribution in [1.29, 1.82) is 0 Å². The van der Waals surface area contributed by atoms with E-state index in [0.29, 0.717) is 18.8 Å². The van der Waals surface area contributed by atoms with E-state index in [1.807, 2.05) is 34.6 Å². The van der Waals surface area contributed by atoms with E-state index in [1.54, 1.807) is 17.0 Å². The van der Waals surface area contributed by atoms with Gasteiger partial charge in [-0.3, -0.25) is 14.9 Å². The van der Waals surface area contributed by atoms with Gasteiger partial charge in [-0.2, -0.15) is 0 Å². The fourth-order valence-corrected chi connectivity index (χ4v) is 2.93. The highest BCUT2D eigenvalue weighted by atomic mass is 16.6. The molecule has 1 aliphatic rings. The third-order valence-corrected chi connectivity index (χ3v) is 4.00. The summed E-state index contributed by atoms with van der Waals surface area (Å²) < 4.78 is 11.5. The van der Waals surface area contributed by atoms with Crippen LogP contribution < -0.4 is 4.74 Å². The van der Waals surface area contributed by atoms with Crippen LogP contribution >= 0.6 is 0 Å². The number of ether oxygens (including phenoxy) is 2. The summed E-state index contributed by atoms with van der Waals surface area (Å²) in [6.07, 6.45) is 0.410. The first-order valence-electron chi connectivity index (χ1n) is 8.33. The molecular formula is C18H26N2O5. The first kappa shape index (κ1) is 19.2. The van der Waals surface area contributed by atoms with E-state index in [2.05, 4.69) is 0 Å². The standard InChI is InChI=1S/C18H26N2O5/c1-17(2,3)10-16(21)19-14(12-25-18(19,4)5)11-24-15-8-6-7-13(9-15)20(22)23/h6-9,14H,10-12H2,1-5H3/t14-/m1/s1. The molecule has 7 heteroatoms. The van der Waals surface area contributed by atoms with E-state index < -0.39 is 10.6 Å². The minimum absolute atomic E-state index is 0.0163. The molecule has 0 N–H and O–H groups in total. The second-order valence-electron chi connectivity index (χ2n) is 7.98. The molecule has 1 aliphatic heterocycles. The Morgan fingerprint density at radius 1 is 1.44 bits per heavy atom. The highest BCUT2D eigenvalue weighted by molar-refractivity contribution is 5.78. The van der Waals surface area contributed by atoms with Gasteiger partial charge < -0.3 is 14.4 Å². The highest BCUT2D eigenvalue weighted by Gasteiger charge is 2.44. The Bertz CT molecular complexity index is 651. The molecule has 1 heterocycles. The lowest BCUT2D eigenvalue weighted by molar-refractivity contribution is -0.384. The quantitative estimate of drug-likeness (QED) is 0.600. The van der Waals surface area contributed by atoms with Gasteiger partial charge in [-0.05, 0) is 25.3 Å². The molecule has 1 fully saturated rings. The van der Waals surface area contributed by atoms with Gasteiger partial charge in [0, 0.05) is 12.5 Å². The summed E-state index contributed by atoms with van der Waals surface area (Å²) in [6, 6.07) is 5.79. The number of hydrogen-bond donors (Lipinski definition) is 0. The Labute approximate surface area is 148 Å². The molecule has 0 saturated carbocycles. The Morgan fingerprint density at radius 3 is 2.72 bits per heavy atom. The molecule has 1 aromatic rings. The number of non-ortho nitro benzene ring substituents is 1. The van der Waals surface area contributed by atoms with E-state index in [1.165, 1.54) is 12.1 Å². The molecule has 1 aromatic carbocycles. The van der Waals surface area contributed by atoms with Crippen LogP contribution in [0.15, 0.2) is 24.3 Å². The molecule has 0 aliphatic carbocycles. The SMILES string of the molecule is CC(C)(C)CC(=O)N1[C@H](COc2cccc([N+](=O)[O-])c2)COC1(C)C. The van der Waals surface area contributed by atoms with Gasteiger partial charge in [-0.25, -0.2) is 0 Å². The molecular weight excluding hydrogens is 324 g/mol. The van der Waals surface area contributed by atoms with Gasteiger partial charge in [-0.1, -0.05) is 26.8 Å². The highest BCUT2D eigenvalue weighted by Crippen LogP contribution is 2.31. The zero-order valence-corrected chi connectivity index (χ0v) is 15.4. The van der Waals surface area contributed by atoms with Crippen LogP contribution in [0.2, 0.25) is 0 Å². The van der Waals surface area contributed by atoms with Crippen LogP contribution in [0.3, 0.4) is 0 Å². The van der Waals surface area contributed by atoms with Gasteiger partial charge in [0.05, 0.1) is 23.6 Å². The Kier molecular flexibility index (Phi) is 5.37. The van der Waals surface area contributed by atoms with Gasteiger partial charge in [-0.15, -0.1) is 0 Å². The molecule has 7 nitrogen and oxygen atoms in total. The lowest BCUT2D eigenvalue weighted by Crippen LogP contribution is -2.50. The molecule has 138 valence electrons. The number of carbonyl (C=O) groups is 1. The molecule has 1 saturated heterocycles. The first-order chi connectivity index (χ1) is 11.5. The van der Waals surface area contributed by atoms with E-state index in [0.717, 1.165) is 0 Å². The van der Waals surface area contributed by atoms with Gasteiger partial charge in [0.1, 0.15) is 18.1 Å². The molecule has 25 heavy (non-hydrogen) atoms. The second-order valence-corrected chi connectivity index (χ2v) is 7.98. The van der Waals surface area contributed by atoms with Crippen LogP contribution in [0, 0.1) is 15.5 Å². The molecule has 0 radical (unpaired) electrons. The van der Waals surface area contributed by atoms with Crippen molar-refractivity contribution in [1.82, 2.24) is 4.90 Å². The third-order valence-electron chi connectivity index (χ3n) is 4.00. The van der Waals surface area contributed by atoms with E-state index in [4.69, 9.17) is 9.47 Å². The van der Waals surface area contributed by atoms with Crippen molar-refractivity contribution in [3.8, 4) is 5.75 Å². The fraction of sp³-hybridized carbons (Fsp3) is 0.611. The molecule has 0 spiro atoms. The van der Waals surface area contributed by atoms with E-state index >= 15 is 0 Å². The van der Waals surface area contributed by atoms with Crippen LogP contribution in [0.25, 0.3) is 0 Å². The topological polar surface area (TPSA) is 81.9 Å². The molecule has 0 unspecified atom stereocenters. The summed E-state index contributed by atoms with van der Waals surface area (Å²) >= 11 is 0. The molecule has 1 atom stereocenters. The average Bonchev–Trinajstić information content (AvgIpc) is 2.78. The predicted molar refractivity (Wildman–Crippen MR) is 93.3 cm³/mol. The fourth-order valence-electron chi connectivity index (χ4n) is 2.93. The molecule has 1 amide bonds. The van der Waals surface area contributed by atoms with Crippen molar-refractivity contribution < 1.29 is 19.2 Å². The molecule has 2 rings (SSSR count). The Balaban J connectivity index is 2.08. The number of nitrogens with zero attached hydrogens (tertiary/aromatic N) is 2. The number of nitro groups is 1. The molecule has 0 bridgehead atoms. The zero-order chi connectivity index (χ0) is 18.8. The number of benzene rings is 1. The maximum Gasteiger partial charge on any atom is 0.273 e. The first-order valence-corrected chi connectivity index (χ1v) is 8.33. The summed E-state index contributed by atoms with van der Waals surface area (Å²) in [5.41, 5.74) is -0.846. The van der Waals surface area contributed by atoms with Gasteiger partial charge in [0.25, 0.3) is 5.69 Å². The smallest absolute Gasteiger partial charge is 0.273 e. The minimum atomic E-state index is -0.695. The number of nitro benzene ring substituents is 1. The predicted octanol–water partition coefficient (Wildman–Crippen LogP) is 3.37. The maximum absolute atomic E-state index is 12.7. The minimum Gasteiger partial charge on any atom is -0.491 e.